The zero-order chi connectivity index (χ0) is 13.9. The van der Waals surface area contributed by atoms with Crippen molar-refractivity contribution in [3.8, 4) is 5.75 Å². The lowest BCUT2D eigenvalue weighted by Gasteiger charge is -2.28. The van der Waals surface area contributed by atoms with Gasteiger partial charge in [0, 0.05) is 5.56 Å². The van der Waals surface area contributed by atoms with E-state index in [-0.39, 0.29) is 0 Å². The molecular weight excluding hydrogens is 224 g/mol. The minimum atomic E-state index is -0.826. The first-order chi connectivity index (χ1) is 8.27. The molecule has 2 heteroatoms. The number of aliphatic hydroxyl groups is 1. The maximum absolute atomic E-state index is 10.7. The molecule has 0 bridgehead atoms. The fraction of sp³-hybridized carbons (Fsp3) is 0.625. The Morgan fingerprint density at radius 2 is 1.89 bits per heavy atom. The van der Waals surface area contributed by atoms with Gasteiger partial charge in [0.2, 0.25) is 0 Å². The summed E-state index contributed by atoms with van der Waals surface area (Å²) in [4.78, 5) is 0. The van der Waals surface area contributed by atoms with E-state index >= 15 is 0 Å². The minimum Gasteiger partial charge on any atom is -0.496 e. The minimum absolute atomic E-state index is 0.591. The Hall–Kier alpha value is -1.02. The molecule has 0 amide bonds. The maximum atomic E-state index is 10.7. The van der Waals surface area contributed by atoms with Crippen LogP contribution in [0.3, 0.4) is 0 Å². The van der Waals surface area contributed by atoms with Crippen molar-refractivity contribution < 1.29 is 9.84 Å². The Labute approximate surface area is 111 Å². The second kappa shape index (κ2) is 5.75. The molecule has 0 aliphatic heterocycles. The Morgan fingerprint density at radius 1 is 1.28 bits per heavy atom. The first kappa shape index (κ1) is 15.0. The highest BCUT2D eigenvalue weighted by molar-refractivity contribution is 5.46. The zero-order valence-corrected chi connectivity index (χ0v) is 12.5. The average Bonchev–Trinajstić information content (AvgIpc) is 2.24. The van der Waals surface area contributed by atoms with Crippen LogP contribution in [0.25, 0.3) is 0 Å². The second-order valence-corrected chi connectivity index (χ2v) is 5.87. The summed E-state index contributed by atoms with van der Waals surface area (Å²) < 4.78 is 5.44. The van der Waals surface area contributed by atoms with E-state index in [0.717, 1.165) is 35.3 Å². The van der Waals surface area contributed by atoms with E-state index < -0.39 is 5.60 Å². The number of hydrogen-bond donors (Lipinski definition) is 1. The molecule has 102 valence electrons. The summed E-state index contributed by atoms with van der Waals surface area (Å²) in [5, 5.41) is 10.7. The van der Waals surface area contributed by atoms with E-state index in [1.165, 1.54) is 0 Å². The van der Waals surface area contributed by atoms with Crippen LogP contribution < -0.4 is 4.74 Å². The van der Waals surface area contributed by atoms with Crippen molar-refractivity contribution in [3.63, 3.8) is 0 Å². The van der Waals surface area contributed by atoms with Gasteiger partial charge in [-0.2, -0.15) is 0 Å². The molecule has 1 aromatic rings. The first-order valence-corrected chi connectivity index (χ1v) is 6.66. The van der Waals surface area contributed by atoms with Gasteiger partial charge in [-0.1, -0.05) is 19.9 Å². The first-order valence-electron chi connectivity index (χ1n) is 6.66. The largest absolute Gasteiger partial charge is 0.496 e. The summed E-state index contributed by atoms with van der Waals surface area (Å²) in [5.41, 5.74) is 2.36. The predicted octanol–water partition coefficient (Wildman–Crippen LogP) is 3.96. The molecule has 18 heavy (non-hydrogen) atoms. The van der Waals surface area contributed by atoms with E-state index in [1.807, 2.05) is 26.8 Å². The van der Waals surface area contributed by atoms with Crippen molar-refractivity contribution in [1.29, 1.82) is 0 Å². The number of ether oxygens (including phenoxy) is 1. The van der Waals surface area contributed by atoms with Crippen LogP contribution in [0, 0.1) is 19.8 Å². The highest BCUT2D eigenvalue weighted by Gasteiger charge is 2.28. The molecule has 0 spiro atoms. The van der Waals surface area contributed by atoms with Crippen LogP contribution in [0.1, 0.15) is 50.3 Å². The molecule has 1 unspecified atom stereocenters. The smallest absolute Gasteiger partial charge is 0.125 e. The third-order valence-electron chi connectivity index (χ3n) is 3.41. The zero-order valence-electron chi connectivity index (χ0n) is 12.5. The van der Waals surface area contributed by atoms with Crippen molar-refractivity contribution in [2.45, 2.75) is 53.1 Å². The van der Waals surface area contributed by atoms with E-state index in [2.05, 4.69) is 19.9 Å². The Morgan fingerprint density at radius 3 is 2.39 bits per heavy atom. The molecule has 0 saturated heterocycles. The monoisotopic (exact) mass is 250 g/mol. The lowest BCUT2D eigenvalue weighted by atomic mass is 9.85. The van der Waals surface area contributed by atoms with Gasteiger partial charge in [0.1, 0.15) is 5.75 Å². The van der Waals surface area contributed by atoms with E-state index in [1.54, 1.807) is 7.11 Å². The quantitative estimate of drug-likeness (QED) is 0.857. The van der Waals surface area contributed by atoms with E-state index in [0.29, 0.717) is 5.92 Å². The van der Waals surface area contributed by atoms with Crippen molar-refractivity contribution >= 4 is 0 Å². The highest BCUT2D eigenvalue weighted by Crippen LogP contribution is 2.37. The highest BCUT2D eigenvalue weighted by atomic mass is 16.5. The Bertz CT molecular complexity index is 406. The predicted molar refractivity (Wildman–Crippen MR) is 76.1 cm³/mol. The molecular formula is C16H26O2. The van der Waals surface area contributed by atoms with Crippen LogP contribution in [0.2, 0.25) is 0 Å². The topological polar surface area (TPSA) is 29.5 Å². The molecule has 0 aliphatic rings. The Kier molecular flexibility index (Phi) is 4.80. The van der Waals surface area contributed by atoms with Crippen LogP contribution in [-0.4, -0.2) is 12.2 Å². The third kappa shape index (κ3) is 3.49. The molecule has 1 atom stereocenters. The molecule has 1 N–H and O–H groups in total. The standard InChI is InChI=1S/C16H26O2/c1-11(2)7-8-16(5,17)15-13(4)9-12(3)10-14(15)18-6/h9-11,17H,7-8H2,1-6H3. The third-order valence-corrected chi connectivity index (χ3v) is 3.41. The summed E-state index contributed by atoms with van der Waals surface area (Å²) >= 11 is 0. The van der Waals surface area contributed by atoms with Crippen molar-refractivity contribution in [3.05, 3.63) is 28.8 Å². The lowest BCUT2D eigenvalue weighted by Crippen LogP contribution is -2.24. The summed E-state index contributed by atoms with van der Waals surface area (Å²) in [5.74, 6) is 1.38. The van der Waals surface area contributed by atoms with Crippen LogP contribution in [0.15, 0.2) is 12.1 Å². The van der Waals surface area contributed by atoms with Gasteiger partial charge in [-0.15, -0.1) is 0 Å². The molecule has 0 aromatic heterocycles. The summed E-state index contributed by atoms with van der Waals surface area (Å²) in [6, 6.07) is 4.09. The molecule has 0 fully saturated rings. The van der Waals surface area contributed by atoms with E-state index in [4.69, 9.17) is 4.74 Å². The fourth-order valence-corrected chi connectivity index (χ4v) is 2.47. The molecule has 1 rings (SSSR count). The molecule has 0 radical (unpaired) electrons. The molecule has 2 nitrogen and oxygen atoms in total. The van der Waals surface area contributed by atoms with Gasteiger partial charge in [-0.05, 0) is 56.7 Å². The normalized spacial score (nSPS) is 14.7. The number of methoxy groups -OCH3 is 1. The molecule has 0 saturated carbocycles. The van der Waals surface area contributed by atoms with Gasteiger partial charge >= 0.3 is 0 Å². The van der Waals surface area contributed by atoms with Crippen molar-refractivity contribution in [1.82, 2.24) is 0 Å². The molecule has 1 aromatic carbocycles. The van der Waals surface area contributed by atoms with E-state index in [9.17, 15) is 5.11 Å². The van der Waals surface area contributed by atoms with Gasteiger partial charge in [0.25, 0.3) is 0 Å². The van der Waals surface area contributed by atoms with Gasteiger partial charge in [-0.3, -0.25) is 0 Å². The van der Waals surface area contributed by atoms with Crippen LogP contribution >= 0.6 is 0 Å². The number of benzene rings is 1. The average molecular weight is 250 g/mol. The number of aryl methyl sites for hydroxylation is 2. The molecule has 0 aliphatic carbocycles. The van der Waals surface area contributed by atoms with Gasteiger partial charge in [0.05, 0.1) is 12.7 Å². The second-order valence-electron chi connectivity index (χ2n) is 5.87. The number of rotatable bonds is 5. The fourth-order valence-electron chi connectivity index (χ4n) is 2.47. The SMILES string of the molecule is COc1cc(C)cc(C)c1C(C)(O)CCC(C)C. The lowest BCUT2D eigenvalue weighted by molar-refractivity contribution is 0.0389. The van der Waals surface area contributed by atoms with Gasteiger partial charge in [0.15, 0.2) is 0 Å². The van der Waals surface area contributed by atoms with Crippen LogP contribution in [0.5, 0.6) is 5.75 Å². The maximum Gasteiger partial charge on any atom is 0.125 e. The molecule has 0 heterocycles. The summed E-state index contributed by atoms with van der Waals surface area (Å²) in [7, 11) is 1.66. The van der Waals surface area contributed by atoms with Crippen molar-refractivity contribution in [2.24, 2.45) is 5.92 Å². The number of hydrogen-bond acceptors (Lipinski definition) is 2. The van der Waals surface area contributed by atoms with Gasteiger partial charge < -0.3 is 9.84 Å². The summed E-state index contributed by atoms with van der Waals surface area (Å²) in [6.45, 7) is 10.3. The summed E-state index contributed by atoms with van der Waals surface area (Å²) in [6.07, 6.45) is 1.76. The van der Waals surface area contributed by atoms with Crippen LogP contribution in [-0.2, 0) is 5.60 Å². The van der Waals surface area contributed by atoms with Crippen molar-refractivity contribution in [2.75, 3.05) is 7.11 Å². The van der Waals surface area contributed by atoms with Gasteiger partial charge in [-0.25, -0.2) is 0 Å². The van der Waals surface area contributed by atoms with Crippen LogP contribution in [0.4, 0.5) is 0 Å². The Balaban J connectivity index is 3.14.